The second kappa shape index (κ2) is 6.10. The Bertz CT molecular complexity index is 649. The number of benzene rings is 1. The van der Waals surface area contributed by atoms with Crippen LogP contribution in [0.4, 0.5) is 0 Å². The van der Waals surface area contributed by atoms with Crippen molar-refractivity contribution in [3.8, 4) is 5.75 Å². The highest BCUT2D eigenvalue weighted by atomic mass is 35.5. The molecule has 0 bridgehead atoms. The summed E-state index contributed by atoms with van der Waals surface area (Å²) in [4.78, 5) is 10.8. The van der Waals surface area contributed by atoms with E-state index in [2.05, 4.69) is 5.10 Å². The molecule has 0 saturated carbocycles. The molecule has 0 aliphatic heterocycles. The molecule has 1 aromatic heterocycles. The standard InChI is InChI=1S/C11H6Cl4N2O3/c12-5-1-6(13)10(7(14)2-5)20-4-17-3-8(15)9(16-17)11(18)19/h1-3H,4H2,(H,18,19). The van der Waals surface area contributed by atoms with Gasteiger partial charge in [-0.1, -0.05) is 46.4 Å². The predicted molar refractivity (Wildman–Crippen MR) is 76.3 cm³/mol. The molecule has 1 heterocycles. The number of ether oxygens (including phenoxy) is 1. The van der Waals surface area contributed by atoms with Gasteiger partial charge in [0.25, 0.3) is 0 Å². The molecule has 5 nitrogen and oxygen atoms in total. The average Bonchev–Trinajstić information content (AvgIpc) is 2.69. The molecule has 0 atom stereocenters. The maximum Gasteiger partial charge on any atom is 0.357 e. The van der Waals surface area contributed by atoms with Gasteiger partial charge >= 0.3 is 5.97 Å². The monoisotopic (exact) mass is 354 g/mol. The van der Waals surface area contributed by atoms with Crippen LogP contribution in [0.3, 0.4) is 0 Å². The Morgan fingerprint density at radius 3 is 2.30 bits per heavy atom. The van der Waals surface area contributed by atoms with Crippen LogP contribution < -0.4 is 4.74 Å². The van der Waals surface area contributed by atoms with Crippen LogP contribution in [-0.4, -0.2) is 20.9 Å². The fraction of sp³-hybridized carbons (Fsp3) is 0.0909. The van der Waals surface area contributed by atoms with Crippen molar-refractivity contribution in [2.75, 3.05) is 0 Å². The van der Waals surface area contributed by atoms with E-state index in [1.807, 2.05) is 0 Å². The average molecular weight is 356 g/mol. The molecule has 0 aliphatic rings. The van der Waals surface area contributed by atoms with E-state index in [9.17, 15) is 4.79 Å². The van der Waals surface area contributed by atoms with Crippen molar-refractivity contribution < 1.29 is 14.6 Å². The van der Waals surface area contributed by atoms with E-state index in [-0.39, 0.29) is 33.2 Å². The van der Waals surface area contributed by atoms with Gasteiger partial charge in [0.2, 0.25) is 0 Å². The molecule has 0 fully saturated rings. The third-order valence-electron chi connectivity index (χ3n) is 2.22. The number of nitrogens with zero attached hydrogens (tertiary/aromatic N) is 2. The molecule has 2 rings (SSSR count). The molecular formula is C11H6Cl4N2O3. The lowest BCUT2D eigenvalue weighted by Gasteiger charge is -2.10. The van der Waals surface area contributed by atoms with Gasteiger partial charge in [-0.3, -0.25) is 0 Å². The largest absolute Gasteiger partial charge is 0.476 e. The summed E-state index contributed by atoms with van der Waals surface area (Å²) in [5.41, 5.74) is -0.261. The number of hydrogen-bond donors (Lipinski definition) is 1. The van der Waals surface area contributed by atoms with Crippen LogP contribution in [0, 0.1) is 0 Å². The van der Waals surface area contributed by atoms with E-state index in [0.29, 0.717) is 5.02 Å². The summed E-state index contributed by atoms with van der Waals surface area (Å²) in [7, 11) is 0. The summed E-state index contributed by atoms with van der Waals surface area (Å²) in [6.45, 7) is -0.103. The Hall–Kier alpha value is -1.14. The summed E-state index contributed by atoms with van der Waals surface area (Å²) in [6, 6.07) is 2.95. The summed E-state index contributed by atoms with van der Waals surface area (Å²) < 4.78 is 6.60. The second-order valence-corrected chi connectivity index (χ2v) is 5.30. The van der Waals surface area contributed by atoms with E-state index >= 15 is 0 Å². The van der Waals surface area contributed by atoms with Crippen LogP contribution in [0.1, 0.15) is 10.5 Å². The first-order chi connectivity index (χ1) is 9.38. The quantitative estimate of drug-likeness (QED) is 0.891. The fourth-order valence-corrected chi connectivity index (χ4v) is 2.56. The van der Waals surface area contributed by atoms with Gasteiger partial charge in [0, 0.05) is 11.2 Å². The van der Waals surface area contributed by atoms with Gasteiger partial charge in [0.05, 0.1) is 15.1 Å². The summed E-state index contributed by atoms with van der Waals surface area (Å²) in [6.07, 6.45) is 1.32. The number of carbonyl (C=O) groups is 1. The van der Waals surface area contributed by atoms with Crippen molar-refractivity contribution in [3.63, 3.8) is 0 Å². The lowest BCUT2D eigenvalue weighted by atomic mass is 10.3. The Labute approximate surface area is 133 Å². The number of aromatic nitrogens is 2. The molecule has 0 amide bonds. The molecule has 0 spiro atoms. The zero-order valence-corrected chi connectivity index (χ0v) is 12.6. The summed E-state index contributed by atoms with van der Waals surface area (Å²) in [5, 5.41) is 13.4. The van der Waals surface area contributed by atoms with Crippen LogP contribution in [0.2, 0.25) is 20.1 Å². The highest BCUT2D eigenvalue weighted by Crippen LogP contribution is 2.36. The molecule has 106 valence electrons. The lowest BCUT2D eigenvalue weighted by Crippen LogP contribution is -2.08. The maximum atomic E-state index is 10.8. The molecule has 0 radical (unpaired) electrons. The number of aromatic carboxylic acids is 1. The molecule has 20 heavy (non-hydrogen) atoms. The first-order valence-electron chi connectivity index (χ1n) is 5.12. The highest BCUT2D eigenvalue weighted by Gasteiger charge is 2.15. The van der Waals surface area contributed by atoms with Gasteiger partial charge in [-0.05, 0) is 12.1 Å². The number of halogens is 4. The first kappa shape index (κ1) is 15.3. The van der Waals surface area contributed by atoms with Crippen molar-refractivity contribution in [2.24, 2.45) is 0 Å². The van der Waals surface area contributed by atoms with Crippen molar-refractivity contribution in [1.29, 1.82) is 0 Å². The SMILES string of the molecule is O=C(O)c1nn(COc2c(Cl)cc(Cl)cc2Cl)cc1Cl. The minimum atomic E-state index is -1.23. The van der Waals surface area contributed by atoms with E-state index in [0.717, 1.165) is 0 Å². The van der Waals surface area contributed by atoms with Gasteiger partial charge in [-0.2, -0.15) is 5.10 Å². The third-order valence-corrected chi connectivity index (χ3v) is 3.28. The zero-order valence-electron chi connectivity index (χ0n) is 9.61. The number of carboxylic acid groups (broad SMARTS) is 1. The van der Waals surface area contributed by atoms with Gasteiger partial charge in [0.15, 0.2) is 18.2 Å². The smallest absolute Gasteiger partial charge is 0.357 e. The number of carboxylic acids is 1. The molecule has 0 aliphatic carbocycles. The van der Waals surface area contributed by atoms with Crippen molar-refractivity contribution in [3.05, 3.63) is 44.1 Å². The molecule has 0 saturated heterocycles. The molecule has 2 aromatic rings. The Morgan fingerprint density at radius 2 is 1.80 bits per heavy atom. The van der Waals surface area contributed by atoms with Crippen molar-refractivity contribution in [2.45, 2.75) is 6.73 Å². The fourth-order valence-electron chi connectivity index (χ4n) is 1.41. The third kappa shape index (κ3) is 3.30. The van der Waals surface area contributed by atoms with Crippen LogP contribution >= 0.6 is 46.4 Å². The van der Waals surface area contributed by atoms with E-state index in [1.54, 1.807) is 0 Å². The maximum absolute atomic E-state index is 10.8. The van der Waals surface area contributed by atoms with Gasteiger partial charge < -0.3 is 9.84 Å². The summed E-state index contributed by atoms with van der Waals surface area (Å²) >= 11 is 23.4. The zero-order chi connectivity index (χ0) is 14.9. The van der Waals surface area contributed by atoms with Crippen LogP contribution in [0.25, 0.3) is 0 Å². The van der Waals surface area contributed by atoms with E-state index < -0.39 is 5.97 Å². The number of rotatable bonds is 4. The number of hydrogen-bond acceptors (Lipinski definition) is 3. The topological polar surface area (TPSA) is 64.3 Å². The lowest BCUT2D eigenvalue weighted by molar-refractivity contribution is 0.0688. The first-order valence-corrected chi connectivity index (χ1v) is 6.63. The Balaban J connectivity index is 2.17. The van der Waals surface area contributed by atoms with Crippen LogP contribution in [0.15, 0.2) is 18.3 Å². The van der Waals surface area contributed by atoms with E-state index in [4.69, 9.17) is 56.2 Å². The van der Waals surface area contributed by atoms with Gasteiger partial charge in [0.1, 0.15) is 0 Å². The minimum Gasteiger partial charge on any atom is -0.476 e. The predicted octanol–water partition coefficient (Wildman–Crippen LogP) is 4.23. The normalized spacial score (nSPS) is 10.6. The Kier molecular flexibility index (Phi) is 4.65. The minimum absolute atomic E-state index is 0.00870. The second-order valence-electron chi connectivity index (χ2n) is 3.64. The Morgan fingerprint density at radius 1 is 1.20 bits per heavy atom. The molecule has 1 aromatic carbocycles. The molecule has 9 heteroatoms. The summed E-state index contributed by atoms with van der Waals surface area (Å²) in [5.74, 6) is -1.00. The molecule has 1 N–H and O–H groups in total. The van der Waals surface area contributed by atoms with E-state index in [1.165, 1.54) is 23.0 Å². The van der Waals surface area contributed by atoms with Gasteiger partial charge in [-0.25, -0.2) is 9.48 Å². The molecule has 0 unspecified atom stereocenters. The van der Waals surface area contributed by atoms with Gasteiger partial charge in [-0.15, -0.1) is 0 Å². The van der Waals surface area contributed by atoms with Crippen LogP contribution in [-0.2, 0) is 6.73 Å². The van der Waals surface area contributed by atoms with Crippen molar-refractivity contribution in [1.82, 2.24) is 9.78 Å². The molecular weight excluding hydrogens is 350 g/mol. The van der Waals surface area contributed by atoms with Crippen LogP contribution in [0.5, 0.6) is 5.75 Å². The highest BCUT2D eigenvalue weighted by molar-refractivity contribution is 6.40. The van der Waals surface area contributed by atoms with Crippen molar-refractivity contribution >= 4 is 52.4 Å².